The van der Waals surface area contributed by atoms with Crippen molar-refractivity contribution in [1.29, 1.82) is 0 Å². The van der Waals surface area contributed by atoms with Crippen molar-refractivity contribution in [2.45, 2.75) is 23.8 Å². The quantitative estimate of drug-likeness (QED) is 0.807. The van der Waals surface area contributed by atoms with Gasteiger partial charge in [-0.25, -0.2) is 13.2 Å². The molecule has 0 aliphatic carbocycles. The van der Waals surface area contributed by atoms with E-state index in [0.29, 0.717) is 13.1 Å². The summed E-state index contributed by atoms with van der Waals surface area (Å²) >= 11 is 5.90. The number of halogens is 1. The van der Waals surface area contributed by atoms with Gasteiger partial charge in [-0.05, 0) is 38.1 Å². The molecule has 0 saturated carbocycles. The van der Waals surface area contributed by atoms with Crippen molar-refractivity contribution in [3.8, 4) is 5.75 Å². The number of sulfone groups is 1. The second kappa shape index (κ2) is 7.23. The number of aromatic nitrogens is 2. The molecule has 2 rings (SSSR count). The lowest BCUT2D eigenvalue weighted by atomic mass is 10.3. The van der Waals surface area contributed by atoms with Gasteiger partial charge in [0.25, 0.3) is 0 Å². The van der Waals surface area contributed by atoms with Crippen molar-refractivity contribution >= 4 is 27.5 Å². The SMILES string of the molecule is CCN(CC)C(=O)n1ccc(S(=O)(=O)c2cc(Cl)ccc2OC)n1. The first-order valence-electron chi connectivity index (χ1n) is 7.28. The Morgan fingerprint density at radius 1 is 1.29 bits per heavy atom. The molecule has 1 amide bonds. The molecule has 0 N–H and O–H groups in total. The highest BCUT2D eigenvalue weighted by Crippen LogP contribution is 2.31. The molecular weight excluding hydrogens is 354 g/mol. The van der Waals surface area contributed by atoms with E-state index in [9.17, 15) is 13.2 Å². The van der Waals surface area contributed by atoms with Crippen LogP contribution in [0.15, 0.2) is 40.4 Å². The smallest absolute Gasteiger partial charge is 0.344 e. The molecule has 0 aliphatic rings. The monoisotopic (exact) mass is 371 g/mol. The lowest BCUT2D eigenvalue weighted by Gasteiger charge is -2.17. The maximum atomic E-state index is 12.8. The molecule has 1 aromatic heterocycles. The van der Waals surface area contributed by atoms with E-state index in [4.69, 9.17) is 16.3 Å². The van der Waals surface area contributed by atoms with Gasteiger partial charge >= 0.3 is 6.03 Å². The highest BCUT2D eigenvalue weighted by atomic mass is 35.5. The van der Waals surface area contributed by atoms with Gasteiger partial charge in [-0.3, -0.25) is 0 Å². The van der Waals surface area contributed by atoms with Gasteiger partial charge in [0.2, 0.25) is 9.84 Å². The van der Waals surface area contributed by atoms with Gasteiger partial charge in [-0.2, -0.15) is 9.78 Å². The van der Waals surface area contributed by atoms with Gasteiger partial charge in [-0.15, -0.1) is 0 Å². The fourth-order valence-electron chi connectivity index (χ4n) is 2.17. The number of carbonyl (C=O) groups is 1. The van der Waals surface area contributed by atoms with Crippen LogP contribution in [0.4, 0.5) is 4.79 Å². The first kappa shape index (κ1) is 18.3. The Kier molecular flexibility index (Phi) is 5.51. The number of carbonyl (C=O) groups excluding carboxylic acids is 1. The van der Waals surface area contributed by atoms with Crippen LogP contribution in [0.3, 0.4) is 0 Å². The molecule has 0 radical (unpaired) electrons. The second-order valence-electron chi connectivity index (χ2n) is 4.85. The highest BCUT2D eigenvalue weighted by molar-refractivity contribution is 7.91. The van der Waals surface area contributed by atoms with Gasteiger partial charge in [-0.1, -0.05) is 11.6 Å². The van der Waals surface area contributed by atoms with E-state index in [2.05, 4.69) is 5.10 Å². The molecule has 24 heavy (non-hydrogen) atoms. The summed E-state index contributed by atoms with van der Waals surface area (Å²) in [6.45, 7) is 4.66. The molecule has 0 fully saturated rings. The van der Waals surface area contributed by atoms with Crippen LogP contribution in [-0.2, 0) is 9.84 Å². The van der Waals surface area contributed by atoms with Crippen LogP contribution in [0.5, 0.6) is 5.75 Å². The molecular formula is C15H18ClN3O4S. The standard InChI is InChI=1S/C15H18ClN3O4S/c1-4-18(5-2)15(20)19-9-8-14(17-19)24(21,22)13-10-11(16)6-7-12(13)23-3/h6-10H,4-5H2,1-3H3. The number of rotatable bonds is 5. The van der Waals surface area contributed by atoms with E-state index in [1.165, 1.54) is 42.5 Å². The Hall–Kier alpha value is -2.06. The van der Waals surface area contributed by atoms with E-state index in [1.807, 2.05) is 13.8 Å². The number of ether oxygens (including phenoxy) is 1. The maximum Gasteiger partial charge on any atom is 0.344 e. The summed E-state index contributed by atoms with van der Waals surface area (Å²) in [7, 11) is -2.60. The van der Waals surface area contributed by atoms with Crippen LogP contribution >= 0.6 is 11.6 Å². The number of nitrogens with zero attached hydrogens (tertiary/aromatic N) is 3. The second-order valence-corrected chi connectivity index (χ2v) is 7.15. The maximum absolute atomic E-state index is 12.8. The molecule has 130 valence electrons. The van der Waals surface area contributed by atoms with Crippen LogP contribution in [0.1, 0.15) is 13.8 Å². The summed E-state index contributed by atoms with van der Waals surface area (Å²) in [5.41, 5.74) is 0. The molecule has 2 aromatic rings. The zero-order valence-corrected chi connectivity index (χ0v) is 15.1. The number of benzene rings is 1. The Bertz CT molecular complexity index is 844. The number of amides is 1. The number of hydrogen-bond donors (Lipinski definition) is 0. The predicted molar refractivity (Wildman–Crippen MR) is 89.4 cm³/mol. The molecule has 0 bridgehead atoms. The minimum atomic E-state index is -3.97. The van der Waals surface area contributed by atoms with E-state index >= 15 is 0 Å². The predicted octanol–water partition coefficient (Wildman–Crippen LogP) is 2.69. The molecule has 1 heterocycles. The summed E-state index contributed by atoms with van der Waals surface area (Å²) in [6.07, 6.45) is 1.32. The lowest BCUT2D eigenvalue weighted by Crippen LogP contribution is -2.34. The highest BCUT2D eigenvalue weighted by Gasteiger charge is 2.26. The molecule has 0 saturated heterocycles. The summed E-state index contributed by atoms with van der Waals surface area (Å²) in [4.78, 5) is 13.7. The van der Waals surface area contributed by atoms with Gasteiger partial charge in [0, 0.05) is 24.3 Å². The normalized spacial score (nSPS) is 11.3. The Labute approximate surface area is 145 Å². The molecule has 1 aromatic carbocycles. The van der Waals surface area contributed by atoms with Crippen molar-refractivity contribution < 1.29 is 17.9 Å². The first-order chi connectivity index (χ1) is 11.3. The lowest BCUT2D eigenvalue weighted by molar-refractivity contribution is 0.201. The molecule has 0 unspecified atom stereocenters. The van der Waals surface area contributed by atoms with Crippen molar-refractivity contribution in [2.75, 3.05) is 20.2 Å². The van der Waals surface area contributed by atoms with Crippen LogP contribution in [-0.4, -0.2) is 49.3 Å². The zero-order chi connectivity index (χ0) is 17.9. The van der Waals surface area contributed by atoms with Crippen LogP contribution in [0.2, 0.25) is 5.02 Å². The average molecular weight is 372 g/mol. The van der Waals surface area contributed by atoms with Crippen LogP contribution in [0, 0.1) is 0 Å². The van der Waals surface area contributed by atoms with Crippen LogP contribution < -0.4 is 4.74 Å². The largest absolute Gasteiger partial charge is 0.495 e. The van der Waals surface area contributed by atoms with Gasteiger partial charge in [0.1, 0.15) is 10.6 Å². The third kappa shape index (κ3) is 3.39. The molecule has 0 atom stereocenters. The Balaban J connectivity index is 2.46. The van der Waals surface area contributed by atoms with Gasteiger partial charge in [0.05, 0.1) is 7.11 Å². The minimum Gasteiger partial charge on any atom is -0.495 e. The fraction of sp³-hybridized carbons (Fsp3) is 0.333. The zero-order valence-electron chi connectivity index (χ0n) is 13.6. The van der Waals surface area contributed by atoms with E-state index < -0.39 is 9.84 Å². The first-order valence-corrected chi connectivity index (χ1v) is 9.14. The third-order valence-electron chi connectivity index (χ3n) is 3.49. The van der Waals surface area contributed by atoms with E-state index in [1.54, 1.807) is 0 Å². The molecule has 9 heteroatoms. The Morgan fingerprint density at radius 3 is 2.54 bits per heavy atom. The van der Waals surface area contributed by atoms with Gasteiger partial charge in [0.15, 0.2) is 5.03 Å². The third-order valence-corrected chi connectivity index (χ3v) is 5.39. The topological polar surface area (TPSA) is 81.5 Å². The van der Waals surface area contributed by atoms with Crippen LogP contribution in [0.25, 0.3) is 0 Å². The molecule has 0 aliphatic heterocycles. The van der Waals surface area contributed by atoms with Crippen molar-refractivity contribution in [3.63, 3.8) is 0 Å². The summed E-state index contributed by atoms with van der Waals surface area (Å²) < 4.78 is 31.6. The fourth-order valence-corrected chi connectivity index (χ4v) is 3.77. The molecule has 0 spiro atoms. The Morgan fingerprint density at radius 2 is 1.96 bits per heavy atom. The summed E-state index contributed by atoms with van der Waals surface area (Å²) in [5, 5.41) is 3.93. The average Bonchev–Trinajstić information content (AvgIpc) is 3.06. The number of hydrogen-bond acceptors (Lipinski definition) is 5. The minimum absolute atomic E-state index is 0.0990. The van der Waals surface area contributed by atoms with Crippen molar-refractivity contribution in [1.82, 2.24) is 14.7 Å². The van der Waals surface area contributed by atoms with E-state index in [0.717, 1.165) is 4.68 Å². The number of methoxy groups -OCH3 is 1. The van der Waals surface area contributed by atoms with Crippen molar-refractivity contribution in [3.05, 3.63) is 35.5 Å². The van der Waals surface area contributed by atoms with E-state index in [-0.39, 0.29) is 26.7 Å². The summed E-state index contributed by atoms with van der Waals surface area (Å²) in [6, 6.07) is 5.17. The van der Waals surface area contributed by atoms with Gasteiger partial charge < -0.3 is 9.64 Å². The van der Waals surface area contributed by atoms with Crippen molar-refractivity contribution in [2.24, 2.45) is 0 Å². The molecule has 7 nitrogen and oxygen atoms in total. The summed E-state index contributed by atoms with van der Waals surface area (Å²) in [5.74, 6) is 0.156.